The Morgan fingerprint density at radius 1 is 1.08 bits per heavy atom. The molecule has 2 rings (SSSR count). The maximum atomic E-state index is 12.3. The van der Waals surface area contributed by atoms with E-state index in [1.54, 1.807) is 24.3 Å². The summed E-state index contributed by atoms with van der Waals surface area (Å²) in [6.45, 7) is 3.97. The molecule has 0 spiro atoms. The number of nitrogens with zero attached hydrogens (tertiary/aromatic N) is 4. The number of pyridine rings is 2. The van der Waals surface area contributed by atoms with Crippen LogP contribution in [-0.2, 0) is 17.8 Å². The van der Waals surface area contributed by atoms with Gasteiger partial charge in [-0.1, -0.05) is 12.1 Å². The van der Waals surface area contributed by atoms with E-state index < -0.39 is 0 Å². The van der Waals surface area contributed by atoms with Crippen LogP contribution < -0.4 is 10.6 Å². The van der Waals surface area contributed by atoms with E-state index in [9.17, 15) is 4.79 Å². The van der Waals surface area contributed by atoms with E-state index in [0.717, 1.165) is 24.4 Å². The number of amides is 1. The van der Waals surface area contributed by atoms with Crippen LogP contribution in [0.3, 0.4) is 0 Å². The molecule has 0 radical (unpaired) electrons. The number of guanidine groups is 1. The van der Waals surface area contributed by atoms with Crippen LogP contribution in [0.25, 0.3) is 0 Å². The van der Waals surface area contributed by atoms with Crippen LogP contribution in [-0.4, -0.2) is 53.4 Å². The van der Waals surface area contributed by atoms with Crippen LogP contribution >= 0.6 is 0 Å². The molecular weight excluding hydrogens is 328 g/mol. The normalized spacial score (nSPS) is 11.1. The third kappa shape index (κ3) is 6.88. The lowest BCUT2D eigenvalue weighted by Gasteiger charge is -2.18. The molecule has 0 saturated carbocycles. The highest BCUT2D eigenvalue weighted by atomic mass is 16.2. The number of likely N-dealkylation sites (N-methyl/N-ethyl adjacent to an activating group) is 1. The van der Waals surface area contributed by atoms with Crippen molar-refractivity contribution in [2.75, 3.05) is 26.7 Å². The predicted molar refractivity (Wildman–Crippen MR) is 103 cm³/mol. The molecule has 1 amide bonds. The number of aliphatic imine (C=N–C) groups is 1. The Morgan fingerprint density at radius 2 is 1.77 bits per heavy atom. The molecule has 7 nitrogen and oxygen atoms in total. The number of rotatable bonds is 8. The molecule has 2 aromatic rings. The summed E-state index contributed by atoms with van der Waals surface area (Å²) in [6, 6.07) is 11.5. The summed E-state index contributed by atoms with van der Waals surface area (Å²) in [7, 11) is 1.80. The Labute approximate surface area is 154 Å². The van der Waals surface area contributed by atoms with Crippen molar-refractivity contribution < 1.29 is 4.79 Å². The van der Waals surface area contributed by atoms with Crippen molar-refractivity contribution in [3.8, 4) is 0 Å². The molecule has 2 heterocycles. The van der Waals surface area contributed by atoms with Gasteiger partial charge in [0.1, 0.15) is 0 Å². The minimum atomic E-state index is 0.00405. The molecule has 0 aliphatic heterocycles. The number of aromatic nitrogens is 2. The Bertz CT molecular complexity index is 690. The van der Waals surface area contributed by atoms with Crippen molar-refractivity contribution in [1.82, 2.24) is 25.5 Å². The number of hydrogen-bond donors (Lipinski definition) is 2. The topological polar surface area (TPSA) is 82.5 Å². The zero-order valence-electron chi connectivity index (χ0n) is 15.4. The first-order chi connectivity index (χ1) is 12.7. The molecule has 7 heteroatoms. The lowest BCUT2D eigenvalue weighted by molar-refractivity contribution is -0.128. The zero-order chi connectivity index (χ0) is 18.6. The molecule has 2 aromatic heterocycles. The maximum Gasteiger partial charge on any atom is 0.241 e. The highest BCUT2D eigenvalue weighted by Crippen LogP contribution is 1.97. The standard InChI is InChI=1S/C19H26N6O/c1-3-20-19(23-14-17-9-5-7-12-22-17)24-15-18(26)25(2)13-10-16-8-4-6-11-21-16/h4-9,11-12H,3,10,13-15H2,1-2H3,(H2,20,23,24). The fourth-order valence-electron chi connectivity index (χ4n) is 2.24. The van der Waals surface area contributed by atoms with E-state index in [1.807, 2.05) is 43.3 Å². The Balaban J connectivity index is 1.80. The Morgan fingerprint density at radius 3 is 2.38 bits per heavy atom. The van der Waals surface area contributed by atoms with E-state index >= 15 is 0 Å². The smallest absolute Gasteiger partial charge is 0.241 e. The van der Waals surface area contributed by atoms with Crippen molar-refractivity contribution in [3.05, 3.63) is 60.2 Å². The van der Waals surface area contributed by atoms with Gasteiger partial charge in [0.2, 0.25) is 5.91 Å². The summed E-state index contributed by atoms with van der Waals surface area (Å²) in [6.07, 6.45) is 4.24. The second-order valence-electron chi connectivity index (χ2n) is 5.76. The first kappa shape index (κ1) is 19.4. The minimum absolute atomic E-state index is 0.00405. The lowest BCUT2D eigenvalue weighted by Crippen LogP contribution is -2.44. The summed E-state index contributed by atoms with van der Waals surface area (Å²) in [5.41, 5.74) is 1.86. The quantitative estimate of drug-likeness (QED) is 0.550. The van der Waals surface area contributed by atoms with E-state index in [-0.39, 0.29) is 12.5 Å². The van der Waals surface area contributed by atoms with Crippen molar-refractivity contribution in [2.45, 2.75) is 19.9 Å². The van der Waals surface area contributed by atoms with Crippen LogP contribution in [0.15, 0.2) is 53.8 Å². The highest BCUT2D eigenvalue weighted by molar-refractivity contribution is 5.86. The SMILES string of the molecule is CCNC(=NCc1ccccn1)NCC(=O)N(C)CCc1ccccn1. The van der Waals surface area contributed by atoms with Crippen LogP contribution in [0, 0.1) is 0 Å². The third-order valence-corrected chi connectivity index (χ3v) is 3.73. The van der Waals surface area contributed by atoms with Gasteiger partial charge in [0.05, 0.1) is 18.8 Å². The molecule has 0 aliphatic carbocycles. The maximum absolute atomic E-state index is 12.3. The largest absolute Gasteiger partial charge is 0.357 e. The highest BCUT2D eigenvalue weighted by Gasteiger charge is 2.10. The molecule has 0 atom stereocenters. The van der Waals surface area contributed by atoms with Gasteiger partial charge in [-0.25, -0.2) is 4.99 Å². The molecule has 138 valence electrons. The van der Waals surface area contributed by atoms with Gasteiger partial charge in [0, 0.05) is 44.6 Å². The molecule has 0 saturated heterocycles. The Kier molecular flexibility index (Phi) is 8.05. The molecular formula is C19H26N6O. The number of hydrogen-bond acceptors (Lipinski definition) is 4. The second-order valence-corrected chi connectivity index (χ2v) is 5.76. The molecule has 0 aromatic carbocycles. The van der Waals surface area contributed by atoms with Gasteiger partial charge < -0.3 is 15.5 Å². The summed E-state index contributed by atoms with van der Waals surface area (Å²) in [4.78, 5) is 27.0. The van der Waals surface area contributed by atoms with Gasteiger partial charge in [-0.3, -0.25) is 14.8 Å². The van der Waals surface area contributed by atoms with Gasteiger partial charge >= 0.3 is 0 Å². The van der Waals surface area contributed by atoms with E-state index in [2.05, 4.69) is 25.6 Å². The van der Waals surface area contributed by atoms with Crippen LogP contribution in [0.1, 0.15) is 18.3 Å². The summed E-state index contributed by atoms with van der Waals surface area (Å²) in [5, 5.41) is 6.21. The average Bonchev–Trinajstić information content (AvgIpc) is 2.69. The molecule has 0 aliphatic rings. The molecule has 0 bridgehead atoms. The van der Waals surface area contributed by atoms with E-state index in [4.69, 9.17) is 0 Å². The fourth-order valence-corrected chi connectivity index (χ4v) is 2.24. The van der Waals surface area contributed by atoms with Crippen molar-refractivity contribution >= 4 is 11.9 Å². The second kappa shape index (κ2) is 10.8. The van der Waals surface area contributed by atoms with Crippen LogP contribution in [0.2, 0.25) is 0 Å². The zero-order valence-corrected chi connectivity index (χ0v) is 15.4. The van der Waals surface area contributed by atoms with Gasteiger partial charge in [-0.05, 0) is 31.2 Å². The summed E-state index contributed by atoms with van der Waals surface area (Å²) < 4.78 is 0. The molecule has 0 fully saturated rings. The predicted octanol–water partition coefficient (Wildman–Crippen LogP) is 1.23. The first-order valence-corrected chi connectivity index (χ1v) is 8.75. The van der Waals surface area contributed by atoms with E-state index in [1.165, 1.54) is 0 Å². The summed E-state index contributed by atoms with van der Waals surface area (Å²) in [5.74, 6) is 0.606. The van der Waals surface area contributed by atoms with E-state index in [0.29, 0.717) is 19.0 Å². The van der Waals surface area contributed by atoms with Crippen molar-refractivity contribution in [1.29, 1.82) is 0 Å². The Hall–Kier alpha value is -2.96. The van der Waals surface area contributed by atoms with Crippen LogP contribution in [0.4, 0.5) is 0 Å². The van der Waals surface area contributed by atoms with Crippen molar-refractivity contribution in [2.24, 2.45) is 4.99 Å². The van der Waals surface area contributed by atoms with Gasteiger partial charge in [0.15, 0.2) is 5.96 Å². The molecule has 2 N–H and O–H groups in total. The van der Waals surface area contributed by atoms with Crippen LogP contribution in [0.5, 0.6) is 0 Å². The number of carbonyl (C=O) groups is 1. The number of nitrogens with one attached hydrogen (secondary N) is 2. The third-order valence-electron chi connectivity index (χ3n) is 3.73. The van der Waals surface area contributed by atoms with Crippen molar-refractivity contribution in [3.63, 3.8) is 0 Å². The minimum Gasteiger partial charge on any atom is -0.357 e. The average molecular weight is 354 g/mol. The van der Waals surface area contributed by atoms with Gasteiger partial charge in [-0.2, -0.15) is 0 Å². The number of carbonyl (C=O) groups excluding carboxylic acids is 1. The molecule has 0 unspecified atom stereocenters. The first-order valence-electron chi connectivity index (χ1n) is 8.75. The monoisotopic (exact) mass is 354 g/mol. The fraction of sp³-hybridized carbons (Fsp3) is 0.368. The lowest BCUT2D eigenvalue weighted by atomic mass is 10.2. The molecule has 26 heavy (non-hydrogen) atoms. The van der Waals surface area contributed by atoms with Gasteiger partial charge in [-0.15, -0.1) is 0 Å². The summed E-state index contributed by atoms with van der Waals surface area (Å²) >= 11 is 0. The van der Waals surface area contributed by atoms with Gasteiger partial charge in [0.25, 0.3) is 0 Å².